The maximum absolute atomic E-state index is 14.0. The molecule has 8 heteroatoms. The van der Waals surface area contributed by atoms with Crippen molar-refractivity contribution >= 4 is 35.0 Å². The number of benzene rings is 1. The van der Waals surface area contributed by atoms with Gasteiger partial charge in [0.05, 0.1) is 13.0 Å². The second-order valence-electron chi connectivity index (χ2n) is 6.40. The molecule has 0 saturated heterocycles. The van der Waals surface area contributed by atoms with Crippen molar-refractivity contribution in [3.63, 3.8) is 0 Å². The highest BCUT2D eigenvalue weighted by Gasteiger charge is 2.69. The molecule has 2 fully saturated rings. The normalized spacial score (nSPS) is 31.1. The summed E-state index contributed by atoms with van der Waals surface area (Å²) in [7, 11) is 1.18. The number of carboxylic acid groups (broad SMARTS) is 1. The van der Waals surface area contributed by atoms with Gasteiger partial charge in [-0.15, -0.1) is 0 Å². The van der Waals surface area contributed by atoms with Crippen molar-refractivity contribution in [1.29, 1.82) is 0 Å². The fraction of sp³-hybridized carbons (Fsp3) is 0.500. The van der Waals surface area contributed by atoms with Gasteiger partial charge in [0, 0.05) is 23.3 Å². The lowest BCUT2D eigenvalue weighted by Crippen LogP contribution is -2.56. The quantitative estimate of drug-likeness (QED) is 0.814. The van der Waals surface area contributed by atoms with Crippen molar-refractivity contribution < 1.29 is 28.2 Å². The molecule has 0 heterocycles. The van der Waals surface area contributed by atoms with Gasteiger partial charge in [-0.2, -0.15) is 4.39 Å². The number of ether oxygens (including phenoxy) is 1. The number of Topliss-reactive ketones (excluding diaryl/α,β-unsaturated/α-hetero) is 1. The number of carboxylic acids is 1. The van der Waals surface area contributed by atoms with Crippen molar-refractivity contribution in [2.24, 2.45) is 11.3 Å². The number of carbonyl (C=O) groups is 2. The van der Waals surface area contributed by atoms with Crippen LogP contribution in [0.4, 0.5) is 8.78 Å². The van der Waals surface area contributed by atoms with Gasteiger partial charge in [-0.25, -0.2) is 4.39 Å². The average Bonchev–Trinajstić information content (AvgIpc) is 2.92. The summed E-state index contributed by atoms with van der Waals surface area (Å²) in [5.41, 5.74) is -0.638. The Kier molecular flexibility index (Phi) is 4.04. The van der Waals surface area contributed by atoms with Crippen molar-refractivity contribution in [3.05, 3.63) is 29.3 Å². The van der Waals surface area contributed by atoms with Crippen LogP contribution in [-0.4, -0.2) is 28.3 Å². The first-order valence-corrected chi connectivity index (χ1v) is 8.06. The number of halogens is 4. The Morgan fingerprint density at radius 1 is 1.33 bits per heavy atom. The Hall–Kier alpha value is -1.40. The fourth-order valence-electron chi connectivity index (χ4n) is 3.96. The molecule has 1 spiro atoms. The number of rotatable bonds is 3. The van der Waals surface area contributed by atoms with Crippen molar-refractivity contribution in [3.8, 4) is 5.75 Å². The lowest BCUT2D eigenvalue weighted by Gasteiger charge is -2.48. The van der Waals surface area contributed by atoms with E-state index in [2.05, 4.69) is 0 Å². The Morgan fingerprint density at radius 3 is 2.50 bits per heavy atom. The fourth-order valence-corrected chi connectivity index (χ4v) is 4.54. The second-order valence-corrected chi connectivity index (χ2v) is 7.73. The number of hydrogen-bond donors (Lipinski definition) is 1. The van der Waals surface area contributed by atoms with Gasteiger partial charge in [0.2, 0.25) is 5.82 Å². The third-order valence-electron chi connectivity index (χ3n) is 5.22. The molecule has 0 bridgehead atoms. The second kappa shape index (κ2) is 5.56. The number of methoxy groups -OCH3 is 1. The minimum atomic E-state index is -1.65. The van der Waals surface area contributed by atoms with Gasteiger partial charge in [-0.1, -0.05) is 29.3 Å². The zero-order valence-corrected chi connectivity index (χ0v) is 14.1. The molecule has 4 nitrogen and oxygen atoms in total. The van der Waals surface area contributed by atoms with E-state index in [-0.39, 0.29) is 36.4 Å². The summed E-state index contributed by atoms with van der Waals surface area (Å²) in [6, 6.07) is 2.24. The Morgan fingerprint density at radius 2 is 2.00 bits per heavy atom. The van der Waals surface area contributed by atoms with Gasteiger partial charge in [0.15, 0.2) is 21.7 Å². The van der Waals surface area contributed by atoms with Crippen LogP contribution in [0.15, 0.2) is 12.1 Å². The minimum absolute atomic E-state index is 0.0757. The summed E-state index contributed by atoms with van der Waals surface area (Å²) >= 11 is 12.3. The van der Waals surface area contributed by atoms with Crippen LogP contribution in [-0.2, 0) is 9.59 Å². The monoisotopic (exact) mass is 378 g/mol. The maximum atomic E-state index is 14.0. The lowest BCUT2D eigenvalue weighted by molar-refractivity contribution is -0.143. The predicted octanol–water partition coefficient (Wildman–Crippen LogP) is 3.68. The molecule has 0 amide bonds. The Balaban J connectivity index is 2.06. The molecule has 3 atom stereocenters. The van der Waals surface area contributed by atoms with E-state index < -0.39 is 39.2 Å². The summed E-state index contributed by atoms with van der Waals surface area (Å²) in [5, 5.41) is 9.54. The van der Waals surface area contributed by atoms with E-state index in [0.29, 0.717) is 0 Å². The van der Waals surface area contributed by atoms with E-state index in [9.17, 15) is 23.5 Å². The van der Waals surface area contributed by atoms with Gasteiger partial charge in [0.25, 0.3) is 0 Å². The van der Waals surface area contributed by atoms with E-state index in [1.807, 2.05) is 0 Å². The Labute approximate surface area is 146 Å². The van der Waals surface area contributed by atoms with Crippen LogP contribution in [0.3, 0.4) is 0 Å². The van der Waals surface area contributed by atoms with Crippen LogP contribution in [0.1, 0.15) is 30.7 Å². The zero-order chi connectivity index (χ0) is 17.9. The van der Waals surface area contributed by atoms with E-state index in [0.717, 1.165) is 6.07 Å². The summed E-state index contributed by atoms with van der Waals surface area (Å²) in [4.78, 5) is 23.4. The molecule has 24 heavy (non-hydrogen) atoms. The van der Waals surface area contributed by atoms with Gasteiger partial charge < -0.3 is 9.84 Å². The third kappa shape index (κ3) is 2.23. The summed E-state index contributed by atoms with van der Waals surface area (Å²) in [6.07, 6.45) is 0.351. The Bertz CT molecular complexity index is 737. The van der Waals surface area contributed by atoms with E-state index >= 15 is 0 Å². The first-order chi connectivity index (χ1) is 11.1. The van der Waals surface area contributed by atoms with Crippen LogP contribution in [0.25, 0.3) is 0 Å². The van der Waals surface area contributed by atoms with Crippen molar-refractivity contribution in [1.82, 2.24) is 0 Å². The average molecular weight is 379 g/mol. The SMILES string of the molecule is COc1c(C2CC3(CC(=O)C3(Cl)Cl)CC2C(=O)O)ccc(F)c1F. The summed E-state index contributed by atoms with van der Waals surface area (Å²) in [5.74, 6) is -5.65. The zero-order valence-electron chi connectivity index (χ0n) is 12.6. The van der Waals surface area contributed by atoms with Crippen molar-refractivity contribution in [2.75, 3.05) is 7.11 Å². The highest BCUT2D eigenvalue weighted by atomic mass is 35.5. The van der Waals surface area contributed by atoms with E-state index in [4.69, 9.17) is 27.9 Å². The molecule has 2 saturated carbocycles. The summed E-state index contributed by atoms with van der Waals surface area (Å²) < 4.78 is 30.7. The number of carbonyl (C=O) groups excluding carboxylic acids is 1. The molecule has 3 unspecified atom stereocenters. The van der Waals surface area contributed by atoms with Gasteiger partial charge >= 0.3 is 5.97 Å². The molecule has 1 N–H and O–H groups in total. The summed E-state index contributed by atoms with van der Waals surface area (Å²) in [6.45, 7) is 0. The highest BCUT2D eigenvalue weighted by molar-refractivity contribution is 6.61. The van der Waals surface area contributed by atoms with Crippen molar-refractivity contribution in [2.45, 2.75) is 29.5 Å². The molecular weight excluding hydrogens is 365 g/mol. The molecule has 0 aromatic heterocycles. The van der Waals surface area contributed by atoms with E-state index in [1.54, 1.807) is 0 Å². The number of ketones is 1. The van der Waals surface area contributed by atoms with Crippen LogP contribution < -0.4 is 4.74 Å². The molecule has 2 aliphatic rings. The number of hydrogen-bond acceptors (Lipinski definition) is 3. The molecule has 0 aliphatic heterocycles. The number of alkyl halides is 2. The van der Waals surface area contributed by atoms with Gasteiger partial charge in [-0.05, 0) is 18.9 Å². The predicted molar refractivity (Wildman–Crippen MR) is 82.5 cm³/mol. The lowest BCUT2D eigenvalue weighted by atomic mass is 9.64. The molecule has 1 aromatic carbocycles. The topological polar surface area (TPSA) is 63.6 Å². The molecule has 0 radical (unpaired) electrons. The molecular formula is C16H14Cl2F2O4. The molecule has 130 valence electrons. The van der Waals surface area contributed by atoms with Gasteiger partial charge in [0.1, 0.15) is 0 Å². The minimum Gasteiger partial charge on any atom is -0.493 e. The first-order valence-electron chi connectivity index (χ1n) is 7.30. The largest absolute Gasteiger partial charge is 0.493 e. The standard InChI is InChI=1S/C16H14Cl2F2O4/c1-24-13-7(2-3-10(19)12(13)20)8-4-15(5-9(8)14(22)23)6-11(21)16(15,17)18/h2-3,8-9H,4-6H2,1H3,(H,22,23). The van der Waals surface area contributed by atoms with Crippen LogP contribution in [0.2, 0.25) is 0 Å². The molecule has 3 rings (SSSR count). The van der Waals surface area contributed by atoms with Crippen LogP contribution in [0, 0.1) is 23.0 Å². The smallest absolute Gasteiger partial charge is 0.307 e. The molecule has 1 aromatic rings. The van der Waals surface area contributed by atoms with Crippen LogP contribution >= 0.6 is 23.2 Å². The molecule has 2 aliphatic carbocycles. The van der Waals surface area contributed by atoms with Gasteiger partial charge in [-0.3, -0.25) is 9.59 Å². The van der Waals surface area contributed by atoms with E-state index in [1.165, 1.54) is 13.2 Å². The first kappa shape index (κ1) is 17.4. The third-order valence-corrected chi connectivity index (χ3v) is 6.45. The maximum Gasteiger partial charge on any atom is 0.307 e. The number of aliphatic carboxylic acids is 1. The highest BCUT2D eigenvalue weighted by Crippen LogP contribution is 2.67. The van der Waals surface area contributed by atoms with Crippen LogP contribution in [0.5, 0.6) is 5.75 Å².